The summed E-state index contributed by atoms with van der Waals surface area (Å²) < 4.78 is 0.910. The Hall–Kier alpha value is -2.38. The van der Waals surface area contributed by atoms with Gasteiger partial charge in [-0.1, -0.05) is 43.6 Å². The number of halogens is 1. The van der Waals surface area contributed by atoms with Gasteiger partial charge in [0.15, 0.2) is 0 Å². The highest BCUT2D eigenvalue weighted by atomic mass is 79.9. The molecular formula is C24H31BrN4O2. The van der Waals surface area contributed by atoms with Crippen LogP contribution in [0.3, 0.4) is 0 Å². The molecule has 2 heterocycles. The quantitative estimate of drug-likeness (QED) is 0.470. The second kappa shape index (κ2) is 9.83. The van der Waals surface area contributed by atoms with Crippen molar-refractivity contribution in [2.24, 2.45) is 0 Å². The van der Waals surface area contributed by atoms with Crippen LogP contribution in [0.1, 0.15) is 66.5 Å². The molecule has 1 aliphatic heterocycles. The van der Waals surface area contributed by atoms with E-state index in [1.54, 1.807) is 0 Å². The zero-order valence-electron chi connectivity index (χ0n) is 18.9. The number of hydrogen-bond donors (Lipinski definition) is 3. The molecule has 0 spiro atoms. The summed E-state index contributed by atoms with van der Waals surface area (Å²) in [6.45, 7) is 13.6. The first kappa shape index (κ1) is 23.3. The van der Waals surface area contributed by atoms with Crippen molar-refractivity contribution in [1.82, 2.24) is 15.2 Å². The first-order valence-electron chi connectivity index (χ1n) is 10.8. The van der Waals surface area contributed by atoms with Crippen LogP contribution in [0.15, 0.2) is 22.7 Å². The number of nitrogens with zero attached hydrogens (tertiary/aromatic N) is 1. The van der Waals surface area contributed by atoms with Gasteiger partial charge in [0.1, 0.15) is 0 Å². The van der Waals surface area contributed by atoms with Crippen molar-refractivity contribution >= 4 is 45.1 Å². The summed E-state index contributed by atoms with van der Waals surface area (Å²) in [5.41, 5.74) is 5.44. The summed E-state index contributed by atoms with van der Waals surface area (Å²) in [5.74, 6) is -0.0695. The van der Waals surface area contributed by atoms with Crippen molar-refractivity contribution in [3.63, 3.8) is 0 Å². The Bertz CT molecular complexity index is 1020. The van der Waals surface area contributed by atoms with E-state index in [9.17, 15) is 9.59 Å². The van der Waals surface area contributed by atoms with Gasteiger partial charge in [-0.3, -0.25) is 9.59 Å². The molecule has 3 N–H and O–H groups in total. The highest BCUT2D eigenvalue weighted by Gasteiger charge is 2.27. The molecule has 1 aliphatic rings. The Morgan fingerprint density at radius 2 is 1.97 bits per heavy atom. The minimum atomic E-state index is -0.140. The number of carbonyl (C=O) groups is 2. The molecule has 7 heteroatoms. The zero-order valence-corrected chi connectivity index (χ0v) is 20.4. The molecule has 0 atom stereocenters. The van der Waals surface area contributed by atoms with Crippen molar-refractivity contribution in [3.05, 3.63) is 50.8 Å². The molecule has 0 unspecified atom stereocenters. The first-order chi connectivity index (χ1) is 14.8. The average molecular weight is 487 g/mol. The van der Waals surface area contributed by atoms with Crippen LogP contribution in [0.25, 0.3) is 11.6 Å². The Balaban J connectivity index is 1.92. The summed E-state index contributed by atoms with van der Waals surface area (Å²) in [6.07, 6.45) is 1.85. The molecule has 0 aliphatic carbocycles. The number of nitrogens with one attached hydrogen (secondary N) is 3. The van der Waals surface area contributed by atoms with E-state index in [2.05, 4.69) is 64.1 Å². The van der Waals surface area contributed by atoms with Gasteiger partial charge in [0.2, 0.25) is 0 Å². The van der Waals surface area contributed by atoms with E-state index in [1.165, 1.54) is 0 Å². The molecule has 1 aromatic heterocycles. The lowest BCUT2D eigenvalue weighted by Gasteiger charge is -2.18. The number of hydrogen-bond acceptors (Lipinski definition) is 3. The number of rotatable bonds is 8. The summed E-state index contributed by atoms with van der Waals surface area (Å²) in [4.78, 5) is 31.3. The fourth-order valence-electron chi connectivity index (χ4n) is 3.91. The Kier molecular flexibility index (Phi) is 7.38. The predicted molar refractivity (Wildman–Crippen MR) is 130 cm³/mol. The van der Waals surface area contributed by atoms with Crippen LogP contribution < -0.4 is 10.6 Å². The Labute approximate surface area is 192 Å². The lowest BCUT2D eigenvalue weighted by atomic mass is 10.0. The largest absolute Gasteiger partial charge is 0.358 e. The number of carbonyl (C=O) groups excluding carboxylic acids is 2. The van der Waals surface area contributed by atoms with Gasteiger partial charge in [-0.25, -0.2) is 0 Å². The van der Waals surface area contributed by atoms with Crippen molar-refractivity contribution in [2.75, 3.05) is 31.5 Å². The van der Waals surface area contributed by atoms with Crippen LogP contribution in [0.4, 0.5) is 5.69 Å². The van der Waals surface area contributed by atoms with Crippen LogP contribution in [0.2, 0.25) is 0 Å². The monoisotopic (exact) mass is 486 g/mol. The van der Waals surface area contributed by atoms with E-state index in [0.717, 1.165) is 52.3 Å². The lowest BCUT2D eigenvalue weighted by molar-refractivity contribution is -0.110. The molecule has 6 nitrogen and oxygen atoms in total. The molecule has 1 aromatic carbocycles. The molecule has 0 saturated heterocycles. The number of benzene rings is 1. The van der Waals surface area contributed by atoms with Crippen LogP contribution >= 0.6 is 15.9 Å². The van der Waals surface area contributed by atoms with E-state index in [0.29, 0.717) is 17.7 Å². The summed E-state index contributed by atoms with van der Waals surface area (Å²) in [6, 6.07) is 5.72. The smallest absolute Gasteiger partial charge is 0.256 e. The van der Waals surface area contributed by atoms with Crippen LogP contribution in [0, 0.1) is 6.92 Å². The third-order valence-electron chi connectivity index (χ3n) is 5.78. The van der Waals surface area contributed by atoms with E-state index in [4.69, 9.17) is 0 Å². The number of aromatic nitrogens is 1. The number of likely N-dealkylation sites (N-methyl/N-ethyl adjacent to an activating group) is 1. The van der Waals surface area contributed by atoms with Crippen molar-refractivity contribution in [2.45, 2.75) is 40.5 Å². The van der Waals surface area contributed by atoms with E-state index in [1.807, 2.05) is 31.2 Å². The minimum Gasteiger partial charge on any atom is -0.358 e. The summed E-state index contributed by atoms with van der Waals surface area (Å²) in [7, 11) is 0. The Morgan fingerprint density at radius 1 is 1.26 bits per heavy atom. The van der Waals surface area contributed by atoms with Crippen molar-refractivity contribution in [3.8, 4) is 0 Å². The van der Waals surface area contributed by atoms with Gasteiger partial charge in [-0.2, -0.15) is 0 Å². The van der Waals surface area contributed by atoms with E-state index in [-0.39, 0.29) is 17.7 Å². The second-order valence-electron chi connectivity index (χ2n) is 8.09. The number of anilines is 1. The number of amides is 2. The second-order valence-corrected chi connectivity index (χ2v) is 9.01. The molecular weight excluding hydrogens is 456 g/mol. The van der Waals surface area contributed by atoms with Crippen LogP contribution in [-0.4, -0.2) is 47.9 Å². The van der Waals surface area contributed by atoms with E-state index < -0.39 is 0 Å². The molecule has 0 bridgehead atoms. The average Bonchev–Trinajstić information content (AvgIpc) is 3.22. The zero-order chi connectivity index (χ0) is 22.7. The maximum atomic E-state index is 13.1. The number of aromatic amines is 1. The van der Waals surface area contributed by atoms with Crippen LogP contribution in [-0.2, 0) is 4.79 Å². The minimum absolute atomic E-state index is 0.0757. The molecule has 2 aromatic rings. The third kappa shape index (κ3) is 4.93. The van der Waals surface area contributed by atoms with Gasteiger partial charge in [-0.05, 0) is 55.8 Å². The maximum Gasteiger partial charge on any atom is 0.256 e. The molecule has 0 radical (unpaired) electrons. The Morgan fingerprint density at radius 3 is 2.61 bits per heavy atom. The highest BCUT2D eigenvalue weighted by molar-refractivity contribution is 9.10. The van der Waals surface area contributed by atoms with Crippen molar-refractivity contribution < 1.29 is 9.59 Å². The van der Waals surface area contributed by atoms with Gasteiger partial charge in [0, 0.05) is 40.2 Å². The molecule has 0 fully saturated rings. The molecule has 31 heavy (non-hydrogen) atoms. The lowest BCUT2D eigenvalue weighted by Crippen LogP contribution is -2.35. The standard InChI is InChI=1S/C24H31BrN4O2/c1-6-29(7-2)11-10-26-24(31)21-15(5)20(27-22(21)14(3)4)13-18-17-12-16(25)8-9-19(17)28-23(18)30/h8-9,12-14,27H,6-7,10-11H2,1-5H3,(H,26,31)(H,28,30). The summed E-state index contributed by atoms with van der Waals surface area (Å²) in [5, 5.41) is 5.97. The van der Waals surface area contributed by atoms with E-state index >= 15 is 0 Å². The molecule has 2 amide bonds. The van der Waals surface area contributed by atoms with Gasteiger partial charge in [0.05, 0.1) is 11.1 Å². The highest BCUT2D eigenvalue weighted by Crippen LogP contribution is 2.36. The fourth-order valence-corrected chi connectivity index (χ4v) is 4.27. The number of fused-ring (bicyclic) bond motifs is 1. The molecule has 0 saturated carbocycles. The number of H-pyrrole nitrogens is 1. The van der Waals surface area contributed by atoms with Crippen LogP contribution in [0.5, 0.6) is 0 Å². The van der Waals surface area contributed by atoms with Gasteiger partial charge in [0.25, 0.3) is 11.8 Å². The maximum absolute atomic E-state index is 13.1. The predicted octanol–water partition coefficient (Wildman–Crippen LogP) is 4.77. The molecule has 3 rings (SSSR count). The molecule has 166 valence electrons. The van der Waals surface area contributed by atoms with Gasteiger partial charge < -0.3 is 20.5 Å². The van der Waals surface area contributed by atoms with Gasteiger partial charge in [-0.15, -0.1) is 0 Å². The SMILES string of the molecule is CCN(CC)CCNC(=O)c1c(C(C)C)[nH]c(C=C2C(=O)Nc3ccc(Br)cc32)c1C. The first-order valence-corrected chi connectivity index (χ1v) is 11.6. The van der Waals surface area contributed by atoms with Gasteiger partial charge >= 0.3 is 0 Å². The van der Waals surface area contributed by atoms with Crippen molar-refractivity contribution in [1.29, 1.82) is 0 Å². The normalized spacial score (nSPS) is 14.5. The topological polar surface area (TPSA) is 77.2 Å². The fraction of sp³-hybridized carbons (Fsp3) is 0.417. The third-order valence-corrected chi connectivity index (χ3v) is 6.28. The summed E-state index contributed by atoms with van der Waals surface area (Å²) >= 11 is 3.48.